The summed E-state index contributed by atoms with van der Waals surface area (Å²) in [5.74, 6) is 1.62. The zero-order valence-electron chi connectivity index (χ0n) is 17.1. The third kappa shape index (κ3) is 4.27. The smallest absolute Gasteiger partial charge is 0.262 e. The number of amides is 1. The number of hydrogen-bond acceptors (Lipinski definition) is 5. The number of benzene rings is 3. The number of nitrogens with zero attached hydrogens (tertiary/aromatic N) is 1. The molecule has 152 valence electrons. The molecule has 0 saturated heterocycles. The summed E-state index contributed by atoms with van der Waals surface area (Å²) in [6.45, 7) is 3.97. The lowest BCUT2D eigenvalue weighted by Gasteiger charge is -2.09. The Morgan fingerprint density at radius 2 is 1.83 bits per heavy atom. The van der Waals surface area contributed by atoms with Crippen molar-refractivity contribution in [2.24, 2.45) is 0 Å². The van der Waals surface area contributed by atoms with Crippen LogP contribution in [0.25, 0.3) is 22.6 Å². The Morgan fingerprint density at radius 3 is 2.63 bits per heavy atom. The van der Waals surface area contributed by atoms with E-state index in [1.54, 1.807) is 7.11 Å². The van der Waals surface area contributed by atoms with Gasteiger partial charge >= 0.3 is 0 Å². The predicted octanol–water partition coefficient (Wildman–Crippen LogP) is 5.14. The lowest BCUT2D eigenvalue weighted by Crippen LogP contribution is -2.20. The Balaban J connectivity index is 1.45. The molecule has 4 aromatic rings. The van der Waals surface area contributed by atoms with Crippen molar-refractivity contribution >= 4 is 22.7 Å². The summed E-state index contributed by atoms with van der Waals surface area (Å²) in [5.41, 5.74) is 5.08. The fourth-order valence-electron chi connectivity index (χ4n) is 3.04. The van der Waals surface area contributed by atoms with Crippen molar-refractivity contribution < 1.29 is 18.7 Å². The van der Waals surface area contributed by atoms with Gasteiger partial charge in [-0.25, -0.2) is 4.98 Å². The van der Waals surface area contributed by atoms with Gasteiger partial charge in [-0.3, -0.25) is 4.79 Å². The standard InChI is InChI=1S/C24H22N2O4/c1-15-7-8-20(11-16(15)2)29-14-23(27)25-18-6-4-5-17(12-18)24-26-21-13-19(28-3)9-10-22(21)30-24/h4-13H,14H2,1-3H3,(H,25,27). The molecule has 3 aromatic carbocycles. The highest BCUT2D eigenvalue weighted by Crippen LogP contribution is 2.28. The first kappa shape index (κ1) is 19.5. The second-order valence-electron chi connectivity index (χ2n) is 7.02. The minimum atomic E-state index is -0.243. The first-order valence-corrected chi connectivity index (χ1v) is 9.57. The van der Waals surface area contributed by atoms with Crippen LogP contribution in [0.1, 0.15) is 11.1 Å². The normalized spacial score (nSPS) is 10.8. The van der Waals surface area contributed by atoms with Crippen LogP contribution in [0.5, 0.6) is 11.5 Å². The summed E-state index contributed by atoms with van der Waals surface area (Å²) in [7, 11) is 1.61. The van der Waals surface area contributed by atoms with Crippen LogP contribution in [0.3, 0.4) is 0 Å². The second-order valence-corrected chi connectivity index (χ2v) is 7.02. The topological polar surface area (TPSA) is 73.6 Å². The van der Waals surface area contributed by atoms with Gasteiger partial charge in [-0.05, 0) is 67.4 Å². The molecule has 6 nitrogen and oxygen atoms in total. The number of fused-ring (bicyclic) bond motifs is 1. The molecule has 1 amide bonds. The summed E-state index contributed by atoms with van der Waals surface area (Å²) >= 11 is 0. The largest absolute Gasteiger partial charge is 0.497 e. The minimum absolute atomic E-state index is 0.0740. The van der Waals surface area contributed by atoms with E-state index in [1.807, 2.05) is 74.5 Å². The summed E-state index contributed by atoms with van der Waals surface area (Å²) < 4.78 is 16.7. The summed E-state index contributed by atoms with van der Waals surface area (Å²) in [5, 5.41) is 2.85. The number of carbonyl (C=O) groups excluding carboxylic acids is 1. The fourth-order valence-corrected chi connectivity index (χ4v) is 3.04. The number of aryl methyl sites for hydroxylation is 2. The molecule has 0 unspecified atom stereocenters. The van der Waals surface area contributed by atoms with E-state index in [0.29, 0.717) is 34.2 Å². The van der Waals surface area contributed by atoms with Gasteiger partial charge in [0.05, 0.1) is 7.11 Å². The quantitative estimate of drug-likeness (QED) is 0.483. The van der Waals surface area contributed by atoms with Gasteiger partial charge in [-0.15, -0.1) is 0 Å². The maximum Gasteiger partial charge on any atom is 0.262 e. The summed E-state index contributed by atoms with van der Waals surface area (Å²) in [4.78, 5) is 16.8. The third-order valence-corrected chi connectivity index (χ3v) is 4.84. The maximum atomic E-state index is 12.3. The van der Waals surface area contributed by atoms with Crippen molar-refractivity contribution in [1.29, 1.82) is 0 Å². The van der Waals surface area contributed by atoms with E-state index >= 15 is 0 Å². The lowest BCUT2D eigenvalue weighted by atomic mass is 10.1. The molecule has 0 radical (unpaired) electrons. The van der Waals surface area contributed by atoms with Gasteiger partial charge in [0.15, 0.2) is 12.2 Å². The molecule has 0 fully saturated rings. The number of methoxy groups -OCH3 is 1. The average Bonchev–Trinajstić information content (AvgIpc) is 3.18. The summed E-state index contributed by atoms with van der Waals surface area (Å²) in [6, 6.07) is 18.6. The zero-order valence-corrected chi connectivity index (χ0v) is 17.1. The number of aromatic nitrogens is 1. The number of hydrogen-bond donors (Lipinski definition) is 1. The molecule has 4 rings (SSSR count). The van der Waals surface area contributed by atoms with E-state index in [9.17, 15) is 4.79 Å². The van der Waals surface area contributed by atoms with Gasteiger partial charge in [0.25, 0.3) is 5.91 Å². The van der Waals surface area contributed by atoms with E-state index in [1.165, 1.54) is 5.56 Å². The van der Waals surface area contributed by atoms with Crippen LogP contribution in [-0.4, -0.2) is 24.6 Å². The second kappa shape index (κ2) is 8.29. The number of rotatable bonds is 6. The molecular weight excluding hydrogens is 380 g/mol. The van der Waals surface area contributed by atoms with Gasteiger partial charge in [-0.1, -0.05) is 12.1 Å². The Labute approximate surface area is 174 Å². The Hall–Kier alpha value is -3.80. The number of ether oxygens (including phenoxy) is 2. The van der Waals surface area contributed by atoms with Gasteiger partial charge in [0, 0.05) is 17.3 Å². The van der Waals surface area contributed by atoms with E-state index in [4.69, 9.17) is 13.9 Å². The molecule has 1 N–H and O–H groups in total. The molecule has 0 saturated carbocycles. The fraction of sp³-hybridized carbons (Fsp3) is 0.167. The molecule has 1 heterocycles. The first-order chi connectivity index (χ1) is 14.5. The molecule has 0 atom stereocenters. The van der Waals surface area contributed by atoms with Gasteiger partial charge in [-0.2, -0.15) is 0 Å². The third-order valence-electron chi connectivity index (χ3n) is 4.84. The van der Waals surface area contributed by atoms with E-state index in [0.717, 1.165) is 11.1 Å². The number of anilines is 1. The molecule has 0 bridgehead atoms. The number of carbonyl (C=O) groups is 1. The van der Waals surface area contributed by atoms with Crippen molar-refractivity contribution in [3.63, 3.8) is 0 Å². The predicted molar refractivity (Wildman–Crippen MR) is 116 cm³/mol. The van der Waals surface area contributed by atoms with Crippen molar-refractivity contribution in [2.75, 3.05) is 19.0 Å². The van der Waals surface area contributed by atoms with Crippen molar-refractivity contribution in [1.82, 2.24) is 4.98 Å². The van der Waals surface area contributed by atoms with Crippen LogP contribution >= 0.6 is 0 Å². The van der Waals surface area contributed by atoms with Crippen LogP contribution < -0.4 is 14.8 Å². The van der Waals surface area contributed by atoms with Crippen molar-refractivity contribution in [2.45, 2.75) is 13.8 Å². The Bertz CT molecular complexity index is 1210. The van der Waals surface area contributed by atoms with Gasteiger partial charge < -0.3 is 19.2 Å². The van der Waals surface area contributed by atoms with Crippen LogP contribution in [0.15, 0.2) is 65.1 Å². The molecule has 0 aliphatic heterocycles. The maximum absolute atomic E-state index is 12.3. The molecule has 30 heavy (non-hydrogen) atoms. The van der Waals surface area contributed by atoms with Crippen molar-refractivity contribution in [3.8, 4) is 23.0 Å². The average molecular weight is 402 g/mol. The lowest BCUT2D eigenvalue weighted by molar-refractivity contribution is -0.118. The molecule has 0 aliphatic rings. The van der Waals surface area contributed by atoms with Crippen LogP contribution in [0, 0.1) is 13.8 Å². The van der Waals surface area contributed by atoms with E-state index in [2.05, 4.69) is 10.3 Å². The first-order valence-electron chi connectivity index (χ1n) is 9.57. The number of nitrogens with one attached hydrogen (secondary N) is 1. The van der Waals surface area contributed by atoms with Gasteiger partial charge in [0.2, 0.25) is 5.89 Å². The van der Waals surface area contributed by atoms with Crippen molar-refractivity contribution in [3.05, 3.63) is 71.8 Å². The van der Waals surface area contributed by atoms with Crippen LogP contribution in [0.4, 0.5) is 5.69 Å². The Morgan fingerprint density at radius 1 is 1.00 bits per heavy atom. The highest BCUT2D eigenvalue weighted by atomic mass is 16.5. The van der Waals surface area contributed by atoms with Gasteiger partial charge in [0.1, 0.15) is 17.0 Å². The van der Waals surface area contributed by atoms with Crippen LogP contribution in [0.2, 0.25) is 0 Å². The minimum Gasteiger partial charge on any atom is -0.497 e. The Kier molecular flexibility index (Phi) is 5.39. The van der Waals surface area contributed by atoms with Crippen LogP contribution in [-0.2, 0) is 4.79 Å². The highest BCUT2D eigenvalue weighted by molar-refractivity contribution is 5.92. The zero-order chi connectivity index (χ0) is 21.1. The number of oxazole rings is 1. The van der Waals surface area contributed by atoms with E-state index in [-0.39, 0.29) is 12.5 Å². The molecule has 0 spiro atoms. The van der Waals surface area contributed by atoms with E-state index < -0.39 is 0 Å². The highest BCUT2D eigenvalue weighted by Gasteiger charge is 2.11. The monoisotopic (exact) mass is 402 g/mol. The molecule has 1 aromatic heterocycles. The molecular formula is C24H22N2O4. The molecule has 0 aliphatic carbocycles. The SMILES string of the molecule is COc1ccc2oc(-c3cccc(NC(=O)COc4ccc(C)c(C)c4)c3)nc2c1. The summed E-state index contributed by atoms with van der Waals surface area (Å²) in [6.07, 6.45) is 0. The molecule has 6 heteroatoms.